The summed E-state index contributed by atoms with van der Waals surface area (Å²) in [4.78, 5) is 21.9. The molecule has 23 heavy (non-hydrogen) atoms. The molecule has 0 aromatic heterocycles. The summed E-state index contributed by atoms with van der Waals surface area (Å²) in [5.41, 5.74) is 1.61. The molecule has 0 aliphatic heterocycles. The summed E-state index contributed by atoms with van der Waals surface area (Å²) in [6, 6.07) is 9.70. The van der Waals surface area contributed by atoms with E-state index in [1.807, 2.05) is 6.92 Å². The summed E-state index contributed by atoms with van der Waals surface area (Å²) in [5, 5.41) is 18.5. The first-order valence-corrected chi connectivity index (χ1v) is 6.95. The third-order valence-corrected chi connectivity index (χ3v) is 3.11. The fourth-order valence-electron chi connectivity index (χ4n) is 1.98. The van der Waals surface area contributed by atoms with Crippen LogP contribution in [0.25, 0.3) is 0 Å². The monoisotopic (exact) mass is 316 g/mol. The minimum Gasteiger partial charge on any atom is -0.507 e. The first-order valence-electron chi connectivity index (χ1n) is 6.95. The number of benzene rings is 2. The lowest BCUT2D eigenvalue weighted by molar-refractivity contribution is 0.1000. The van der Waals surface area contributed by atoms with Gasteiger partial charge < -0.3 is 14.9 Å². The molecule has 0 heterocycles. The van der Waals surface area contributed by atoms with Crippen LogP contribution in [0.2, 0.25) is 0 Å². The van der Waals surface area contributed by atoms with Gasteiger partial charge in [-0.2, -0.15) is 0 Å². The van der Waals surface area contributed by atoms with E-state index in [4.69, 9.17) is 4.74 Å². The van der Waals surface area contributed by atoms with Gasteiger partial charge in [0.2, 0.25) is 0 Å². The van der Waals surface area contributed by atoms with Crippen molar-refractivity contribution in [1.29, 1.82) is 0 Å². The topological polar surface area (TPSA) is 83.8 Å². The second kappa shape index (κ2) is 7.98. The first kappa shape index (κ1) is 18.2. The fourth-order valence-corrected chi connectivity index (χ4v) is 1.98. The maximum atomic E-state index is 11.0. The molecule has 5 nitrogen and oxygen atoms in total. The number of phenolic OH excluding ortho intramolecular Hbond substituents is 2. The Hall–Kier alpha value is -2.82. The molecule has 0 atom stereocenters. The van der Waals surface area contributed by atoms with Crippen LogP contribution in [-0.2, 0) is 0 Å². The normalized spacial score (nSPS) is 9.57. The second-order valence-electron chi connectivity index (χ2n) is 4.99. The Morgan fingerprint density at radius 3 is 2.04 bits per heavy atom. The average molecular weight is 316 g/mol. The van der Waals surface area contributed by atoms with E-state index in [0.717, 1.165) is 5.56 Å². The van der Waals surface area contributed by atoms with Crippen LogP contribution in [0.15, 0.2) is 36.4 Å². The van der Waals surface area contributed by atoms with E-state index in [1.165, 1.54) is 33.1 Å². The molecular formula is C18H20O5. The zero-order valence-electron chi connectivity index (χ0n) is 13.6. The average Bonchev–Trinajstić information content (AvgIpc) is 2.49. The van der Waals surface area contributed by atoms with Crippen molar-refractivity contribution in [3.05, 3.63) is 53.1 Å². The van der Waals surface area contributed by atoms with Crippen molar-refractivity contribution in [2.45, 2.75) is 20.8 Å². The Labute approximate surface area is 135 Å². The predicted octanol–water partition coefficient (Wildman–Crippen LogP) is 3.51. The zero-order chi connectivity index (χ0) is 17.6. The van der Waals surface area contributed by atoms with Crippen molar-refractivity contribution >= 4 is 11.6 Å². The molecule has 0 saturated carbocycles. The molecule has 2 N–H and O–H groups in total. The number of ether oxygens (including phenoxy) is 1. The highest BCUT2D eigenvalue weighted by Gasteiger charge is 2.11. The highest BCUT2D eigenvalue weighted by molar-refractivity contribution is 5.99. The van der Waals surface area contributed by atoms with Crippen LogP contribution < -0.4 is 4.74 Å². The Kier molecular flexibility index (Phi) is 6.33. The molecule has 0 aliphatic rings. The summed E-state index contributed by atoms with van der Waals surface area (Å²) in [5.74, 6) is 0.114. The van der Waals surface area contributed by atoms with Gasteiger partial charge in [0.25, 0.3) is 0 Å². The van der Waals surface area contributed by atoms with E-state index in [-0.39, 0.29) is 28.6 Å². The zero-order valence-corrected chi connectivity index (χ0v) is 13.6. The van der Waals surface area contributed by atoms with Crippen molar-refractivity contribution in [1.82, 2.24) is 0 Å². The molecule has 5 heteroatoms. The van der Waals surface area contributed by atoms with E-state index >= 15 is 0 Å². The maximum Gasteiger partial charge on any atom is 0.167 e. The minimum atomic E-state index is -0.204. The third kappa shape index (κ3) is 4.85. The summed E-state index contributed by atoms with van der Waals surface area (Å²) in [7, 11) is 1.46. The van der Waals surface area contributed by atoms with E-state index in [1.54, 1.807) is 24.3 Å². The Morgan fingerprint density at radius 2 is 1.61 bits per heavy atom. The van der Waals surface area contributed by atoms with Crippen LogP contribution in [0.5, 0.6) is 17.2 Å². The summed E-state index contributed by atoms with van der Waals surface area (Å²) >= 11 is 0. The van der Waals surface area contributed by atoms with Crippen molar-refractivity contribution in [2.24, 2.45) is 0 Å². The molecule has 2 aromatic carbocycles. The van der Waals surface area contributed by atoms with Gasteiger partial charge in [0, 0.05) is 0 Å². The van der Waals surface area contributed by atoms with Crippen LogP contribution in [0.4, 0.5) is 0 Å². The largest absolute Gasteiger partial charge is 0.507 e. The van der Waals surface area contributed by atoms with Crippen LogP contribution in [-0.4, -0.2) is 28.9 Å². The summed E-state index contributed by atoms with van der Waals surface area (Å²) in [6.45, 7) is 4.71. The second-order valence-corrected chi connectivity index (χ2v) is 4.99. The number of hydrogen-bond donors (Lipinski definition) is 2. The van der Waals surface area contributed by atoms with Crippen molar-refractivity contribution in [3.63, 3.8) is 0 Å². The molecule has 2 rings (SSSR count). The lowest BCUT2D eigenvalue weighted by Crippen LogP contribution is -1.97. The van der Waals surface area contributed by atoms with E-state index < -0.39 is 0 Å². The van der Waals surface area contributed by atoms with Gasteiger partial charge in [-0.05, 0) is 45.0 Å². The van der Waals surface area contributed by atoms with Crippen LogP contribution in [0, 0.1) is 6.92 Å². The van der Waals surface area contributed by atoms with Gasteiger partial charge in [0.1, 0.15) is 22.8 Å². The maximum absolute atomic E-state index is 11.0. The molecule has 0 bridgehead atoms. The number of aromatic hydroxyl groups is 2. The van der Waals surface area contributed by atoms with E-state index in [0.29, 0.717) is 11.3 Å². The molecule has 0 unspecified atom stereocenters. The molecule has 0 fully saturated rings. The van der Waals surface area contributed by atoms with Gasteiger partial charge in [0.05, 0.1) is 12.7 Å². The standard InChI is InChI=1S/C9H10O3.C9H10O2/c1-6(10)9-7(11)4-3-5-8(9)12-2;1-6-3-4-9(11)8(5-6)7(2)10/h3-5,11H,1-2H3;3-5,11H,1-2H3. The summed E-state index contributed by atoms with van der Waals surface area (Å²) < 4.78 is 4.91. The third-order valence-electron chi connectivity index (χ3n) is 3.11. The van der Waals surface area contributed by atoms with Crippen LogP contribution in [0.3, 0.4) is 0 Å². The van der Waals surface area contributed by atoms with Crippen LogP contribution >= 0.6 is 0 Å². The number of aryl methyl sites for hydroxylation is 1. The molecule has 0 spiro atoms. The molecule has 0 saturated heterocycles. The number of hydrogen-bond acceptors (Lipinski definition) is 5. The van der Waals surface area contributed by atoms with E-state index in [9.17, 15) is 19.8 Å². The molecule has 0 amide bonds. The number of ketones is 2. The number of phenols is 2. The van der Waals surface area contributed by atoms with Gasteiger partial charge in [0.15, 0.2) is 11.6 Å². The molecule has 2 aromatic rings. The number of rotatable bonds is 3. The highest BCUT2D eigenvalue weighted by atomic mass is 16.5. The minimum absolute atomic E-state index is 0.0400. The molecular weight excluding hydrogens is 296 g/mol. The Bertz CT molecular complexity index is 719. The molecule has 122 valence electrons. The predicted molar refractivity (Wildman–Crippen MR) is 87.5 cm³/mol. The van der Waals surface area contributed by atoms with Crippen molar-refractivity contribution in [2.75, 3.05) is 7.11 Å². The Balaban J connectivity index is 0.000000231. The number of carbonyl (C=O) groups excluding carboxylic acids is 2. The Morgan fingerprint density at radius 1 is 0.957 bits per heavy atom. The number of carbonyl (C=O) groups is 2. The number of methoxy groups -OCH3 is 1. The lowest BCUT2D eigenvalue weighted by atomic mass is 10.1. The van der Waals surface area contributed by atoms with Gasteiger partial charge in [-0.1, -0.05) is 17.7 Å². The van der Waals surface area contributed by atoms with Gasteiger partial charge in [-0.15, -0.1) is 0 Å². The first-order chi connectivity index (χ1) is 10.8. The van der Waals surface area contributed by atoms with Gasteiger partial charge >= 0.3 is 0 Å². The SMILES string of the molecule is CC(=O)c1cc(C)ccc1O.COc1cccc(O)c1C(C)=O. The number of Topliss-reactive ketones (excluding diaryl/α,β-unsaturated/α-hetero) is 2. The summed E-state index contributed by atoms with van der Waals surface area (Å²) in [6.07, 6.45) is 0. The molecule has 0 aliphatic carbocycles. The smallest absolute Gasteiger partial charge is 0.167 e. The highest BCUT2D eigenvalue weighted by Crippen LogP contribution is 2.27. The molecule has 0 radical (unpaired) electrons. The van der Waals surface area contributed by atoms with Crippen molar-refractivity contribution in [3.8, 4) is 17.2 Å². The van der Waals surface area contributed by atoms with Crippen molar-refractivity contribution < 1.29 is 24.5 Å². The lowest BCUT2D eigenvalue weighted by Gasteiger charge is -2.06. The van der Waals surface area contributed by atoms with Crippen LogP contribution in [0.1, 0.15) is 40.1 Å². The fraction of sp³-hybridized carbons (Fsp3) is 0.222. The quantitative estimate of drug-likeness (QED) is 0.847. The van der Waals surface area contributed by atoms with Gasteiger partial charge in [-0.25, -0.2) is 0 Å². The van der Waals surface area contributed by atoms with E-state index in [2.05, 4.69) is 0 Å². The van der Waals surface area contributed by atoms with Gasteiger partial charge in [-0.3, -0.25) is 9.59 Å².